The number of rotatable bonds is 3. The molecule has 0 aliphatic heterocycles. The van der Waals surface area contributed by atoms with Crippen LogP contribution in [0, 0.1) is 13.8 Å². The molecule has 1 heterocycles. The maximum Gasteiger partial charge on any atom is 0.280 e. The van der Waals surface area contributed by atoms with Crippen LogP contribution in [0.15, 0.2) is 83.9 Å². The smallest absolute Gasteiger partial charge is 0.280 e. The molecular weight excluding hydrogens is 376 g/mol. The maximum atomic E-state index is 13.1. The summed E-state index contributed by atoms with van der Waals surface area (Å²) in [4.78, 5) is 19.4. The molecule has 3 aromatic carbocycles. The number of hydrogen-bond donors (Lipinski definition) is 0. The summed E-state index contributed by atoms with van der Waals surface area (Å²) >= 11 is 1.54. The van der Waals surface area contributed by atoms with Gasteiger partial charge in [-0.25, -0.2) is 0 Å². The van der Waals surface area contributed by atoms with Crippen LogP contribution in [0.4, 0.5) is 0 Å². The normalized spacial score (nSPS) is 11.6. The zero-order chi connectivity index (χ0) is 20.4. The molecule has 0 fully saturated rings. The van der Waals surface area contributed by atoms with Crippen LogP contribution < -0.4 is 4.80 Å². The zero-order valence-corrected chi connectivity index (χ0v) is 17.5. The highest BCUT2D eigenvalue weighted by molar-refractivity contribution is 7.09. The second kappa shape index (κ2) is 8.02. The summed E-state index contributed by atoms with van der Waals surface area (Å²) in [5, 5.41) is 0. The quantitative estimate of drug-likeness (QED) is 0.431. The third kappa shape index (κ3) is 3.84. The topological polar surface area (TPSA) is 34.4 Å². The highest BCUT2D eigenvalue weighted by Gasteiger charge is 2.14. The van der Waals surface area contributed by atoms with E-state index in [-0.39, 0.29) is 5.91 Å². The molecular formula is C25H22N2OS. The van der Waals surface area contributed by atoms with E-state index in [4.69, 9.17) is 0 Å². The van der Waals surface area contributed by atoms with E-state index in [1.54, 1.807) is 11.3 Å². The second-order valence-corrected chi connectivity index (χ2v) is 8.22. The predicted octanol–water partition coefficient (Wildman–Crippen LogP) is 5.78. The van der Waals surface area contributed by atoms with Crippen LogP contribution in [0.1, 0.15) is 20.8 Å². The lowest BCUT2D eigenvalue weighted by molar-refractivity contribution is 0.0998. The Balaban J connectivity index is 1.78. The summed E-state index contributed by atoms with van der Waals surface area (Å²) in [7, 11) is 1.97. The Kier molecular flexibility index (Phi) is 5.28. The van der Waals surface area contributed by atoms with E-state index in [9.17, 15) is 4.79 Å². The van der Waals surface area contributed by atoms with Crippen molar-refractivity contribution < 1.29 is 4.79 Å². The summed E-state index contributed by atoms with van der Waals surface area (Å²) < 4.78 is 2.01. The van der Waals surface area contributed by atoms with E-state index in [1.807, 2.05) is 66.2 Å². The van der Waals surface area contributed by atoms with Crippen LogP contribution in [-0.2, 0) is 7.05 Å². The first-order valence-electron chi connectivity index (χ1n) is 9.51. The lowest BCUT2D eigenvalue weighted by Gasteiger charge is -2.07. The first-order valence-corrected chi connectivity index (χ1v) is 10.3. The Morgan fingerprint density at radius 2 is 1.48 bits per heavy atom. The standard InChI is InChI=1S/C25H22N2OS/c1-17-13-15-20(16-14-17)23-18(2)29-25(27(23)3)26-24(28)22-12-8-7-11-21(22)19-9-5-4-6-10-19/h4-16H,1-3H3. The Morgan fingerprint density at radius 1 is 0.828 bits per heavy atom. The minimum absolute atomic E-state index is 0.225. The van der Waals surface area contributed by atoms with Crippen molar-refractivity contribution in [2.75, 3.05) is 0 Å². The lowest BCUT2D eigenvalue weighted by Crippen LogP contribution is -2.14. The van der Waals surface area contributed by atoms with Crippen molar-refractivity contribution in [2.24, 2.45) is 12.0 Å². The molecule has 4 heteroatoms. The van der Waals surface area contributed by atoms with Crippen LogP contribution in [0.2, 0.25) is 0 Å². The number of thiazole rings is 1. The first-order chi connectivity index (χ1) is 14.0. The summed E-state index contributed by atoms with van der Waals surface area (Å²) in [5.74, 6) is -0.225. The molecule has 0 unspecified atom stereocenters. The van der Waals surface area contributed by atoms with E-state index < -0.39 is 0 Å². The van der Waals surface area contributed by atoms with Gasteiger partial charge in [-0.3, -0.25) is 4.79 Å². The molecule has 0 spiro atoms. The number of amides is 1. The molecule has 0 aliphatic carbocycles. The van der Waals surface area contributed by atoms with Crippen molar-refractivity contribution in [1.29, 1.82) is 0 Å². The van der Waals surface area contributed by atoms with Gasteiger partial charge in [-0.15, -0.1) is 11.3 Å². The third-order valence-electron chi connectivity index (χ3n) is 4.96. The van der Waals surface area contributed by atoms with Crippen LogP contribution in [-0.4, -0.2) is 10.5 Å². The molecule has 144 valence electrons. The van der Waals surface area contributed by atoms with Gasteiger partial charge in [0.15, 0.2) is 4.80 Å². The SMILES string of the molecule is Cc1ccc(-c2c(C)sc(=NC(=O)c3ccccc3-c3ccccc3)n2C)cc1. The fraction of sp³-hybridized carbons (Fsp3) is 0.120. The van der Waals surface area contributed by atoms with Crippen molar-refractivity contribution in [1.82, 2.24) is 4.57 Å². The van der Waals surface area contributed by atoms with Gasteiger partial charge in [0.25, 0.3) is 5.91 Å². The van der Waals surface area contributed by atoms with Gasteiger partial charge in [0.1, 0.15) is 0 Å². The molecule has 4 rings (SSSR count). The molecule has 0 saturated heterocycles. The minimum Gasteiger partial charge on any atom is -0.319 e. The molecule has 0 N–H and O–H groups in total. The van der Waals surface area contributed by atoms with Crippen LogP contribution >= 0.6 is 11.3 Å². The minimum atomic E-state index is -0.225. The molecule has 1 aromatic heterocycles. The summed E-state index contributed by atoms with van der Waals surface area (Å²) in [6, 6.07) is 26.0. The summed E-state index contributed by atoms with van der Waals surface area (Å²) in [5.41, 5.74) is 5.97. The van der Waals surface area contributed by atoms with Crippen LogP contribution in [0.25, 0.3) is 22.4 Å². The lowest BCUT2D eigenvalue weighted by atomic mass is 9.99. The Morgan fingerprint density at radius 3 is 2.21 bits per heavy atom. The van der Waals surface area contributed by atoms with Crippen molar-refractivity contribution >= 4 is 17.2 Å². The number of hydrogen-bond acceptors (Lipinski definition) is 2. The van der Waals surface area contributed by atoms with E-state index >= 15 is 0 Å². The van der Waals surface area contributed by atoms with Crippen LogP contribution in [0.3, 0.4) is 0 Å². The Labute approximate surface area is 174 Å². The van der Waals surface area contributed by atoms with E-state index in [2.05, 4.69) is 43.1 Å². The molecule has 0 bridgehead atoms. The van der Waals surface area contributed by atoms with E-state index in [0.29, 0.717) is 10.4 Å². The largest absolute Gasteiger partial charge is 0.319 e. The highest BCUT2D eigenvalue weighted by atomic mass is 32.1. The van der Waals surface area contributed by atoms with Crippen molar-refractivity contribution in [2.45, 2.75) is 13.8 Å². The average molecular weight is 399 g/mol. The molecule has 0 aliphatic rings. The van der Waals surface area contributed by atoms with Crippen molar-refractivity contribution in [3.05, 3.63) is 99.7 Å². The fourth-order valence-corrected chi connectivity index (χ4v) is 4.46. The molecule has 3 nitrogen and oxygen atoms in total. The van der Waals surface area contributed by atoms with Gasteiger partial charge in [-0.2, -0.15) is 4.99 Å². The number of carbonyl (C=O) groups is 1. The summed E-state index contributed by atoms with van der Waals surface area (Å²) in [6.45, 7) is 4.15. The van der Waals surface area contributed by atoms with Gasteiger partial charge in [-0.1, -0.05) is 78.4 Å². The second-order valence-electron chi connectivity index (χ2n) is 7.04. The van der Waals surface area contributed by atoms with Gasteiger partial charge >= 0.3 is 0 Å². The molecule has 0 atom stereocenters. The Bertz CT molecular complexity index is 1230. The molecule has 29 heavy (non-hydrogen) atoms. The average Bonchev–Trinajstić information content (AvgIpc) is 3.02. The van der Waals surface area contributed by atoms with Crippen molar-refractivity contribution in [3.8, 4) is 22.4 Å². The van der Waals surface area contributed by atoms with Crippen molar-refractivity contribution in [3.63, 3.8) is 0 Å². The number of nitrogens with zero attached hydrogens (tertiary/aromatic N) is 2. The zero-order valence-electron chi connectivity index (χ0n) is 16.7. The number of aromatic nitrogens is 1. The maximum absolute atomic E-state index is 13.1. The first kappa shape index (κ1) is 19.1. The van der Waals surface area contributed by atoms with Gasteiger partial charge in [0.2, 0.25) is 0 Å². The number of carbonyl (C=O) groups excluding carboxylic acids is 1. The molecule has 4 aromatic rings. The molecule has 1 amide bonds. The van der Waals surface area contributed by atoms with Gasteiger partial charge in [0, 0.05) is 17.5 Å². The van der Waals surface area contributed by atoms with Gasteiger partial charge < -0.3 is 4.57 Å². The highest BCUT2D eigenvalue weighted by Crippen LogP contribution is 2.26. The van der Waals surface area contributed by atoms with Gasteiger partial charge in [0.05, 0.1) is 5.69 Å². The third-order valence-corrected chi connectivity index (χ3v) is 6.01. The molecule has 0 saturated carbocycles. The fourth-order valence-electron chi connectivity index (χ4n) is 3.48. The number of aryl methyl sites for hydroxylation is 2. The monoisotopic (exact) mass is 398 g/mol. The predicted molar refractivity (Wildman–Crippen MR) is 120 cm³/mol. The summed E-state index contributed by atoms with van der Waals surface area (Å²) in [6.07, 6.45) is 0. The van der Waals surface area contributed by atoms with E-state index in [1.165, 1.54) is 5.56 Å². The number of benzene rings is 3. The van der Waals surface area contributed by atoms with Gasteiger partial charge in [-0.05, 0) is 36.6 Å². The molecule has 0 radical (unpaired) electrons. The van der Waals surface area contributed by atoms with Crippen LogP contribution in [0.5, 0.6) is 0 Å². The van der Waals surface area contributed by atoms with E-state index in [0.717, 1.165) is 27.3 Å². The Hall–Kier alpha value is -3.24.